The van der Waals surface area contributed by atoms with Gasteiger partial charge in [-0.3, -0.25) is 0 Å². The van der Waals surface area contributed by atoms with Crippen molar-refractivity contribution < 1.29 is 14.6 Å². The number of rotatable bonds is 7. The summed E-state index contributed by atoms with van der Waals surface area (Å²) >= 11 is 0. The third-order valence-corrected chi connectivity index (χ3v) is 2.61. The van der Waals surface area contributed by atoms with E-state index in [1.165, 1.54) is 0 Å². The number of hydrogen-bond donors (Lipinski definition) is 3. The Balaban J connectivity index is 2.41. The zero-order valence-corrected chi connectivity index (χ0v) is 11.5. The van der Waals surface area contributed by atoms with Crippen LogP contribution < -0.4 is 15.4 Å². The molecule has 0 saturated heterocycles. The zero-order chi connectivity index (χ0) is 14.1. The number of amides is 2. The van der Waals surface area contributed by atoms with Crippen LogP contribution >= 0.6 is 0 Å². The number of aliphatic hydroxyl groups excluding tert-OH is 1. The number of carbonyl (C=O) groups excluding carboxylic acids is 1. The average molecular weight is 266 g/mol. The number of ether oxygens (including phenoxy) is 1. The van der Waals surface area contributed by atoms with E-state index in [1.54, 1.807) is 0 Å². The molecule has 0 heterocycles. The van der Waals surface area contributed by atoms with Gasteiger partial charge in [0, 0.05) is 19.7 Å². The highest BCUT2D eigenvalue weighted by Gasteiger charge is 2.03. The molecule has 1 rings (SSSR count). The summed E-state index contributed by atoms with van der Waals surface area (Å²) in [4.78, 5) is 11.4. The van der Waals surface area contributed by atoms with E-state index in [1.807, 2.05) is 32.0 Å². The lowest BCUT2D eigenvalue weighted by atomic mass is 10.1. The van der Waals surface area contributed by atoms with Gasteiger partial charge in [0.1, 0.15) is 5.75 Å². The number of nitrogens with one attached hydrogen (secondary N) is 2. The Morgan fingerprint density at radius 2 is 2.16 bits per heavy atom. The smallest absolute Gasteiger partial charge is 0.315 e. The van der Waals surface area contributed by atoms with Crippen molar-refractivity contribution in [3.05, 3.63) is 29.3 Å². The second kappa shape index (κ2) is 8.37. The van der Waals surface area contributed by atoms with Crippen LogP contribution in [-0.2, 0) is 6.54 Å². The van der Waals surface area contributed by atoms with Crippen molar-refractivity contribution in [1.29, 1.82) is 0 Å². The highest BCUT2D eigenvalue weighted by Crippen LogP contribution is 2.18. The van der Waals surface area contributed by atoms with Crippen molar-refractivity contribution >= 4 is 6.03 Å². The lowest BCUT2D eigenvalue weighted by Crippen LogP contribution is -2.35. The van der Waals surface area contributed by atoms with Crippen LogP contribution in [-0.4, -0.2) is 30.9 Å². The molecule has 1 aromatic carbocycles. The van der Waals surface area contributed by atoms with E-state index in [0.29, 0.717) is 26.1 Å². The lowest BCUT2D eigenvalue weighted by Gasteiger charge is -2.10. The fourth-order valence-electron chi connectivity index (χ4n) is 1.66. The SMILES string of the molecule is CCOc1ccc(CNC(=O)NCCCO)cc1C. The summed E-state index contributed by atoms with van der Waals surface area (Å²) in [6.07, 6.45) is 0.565. The molecule has 1 aromatic rings. The Morgan fingerprint density at radius 3 is 2.79 bits per heavy atom. The molecule has 0 spiro atoms. The summed E-state index contributed by atoms with van der Waals surface area (Å²) in [5, 5.41) is 14.0. The van der Waals surface area contributed by atoms with Crippen LogP contribution in [0.3, 0.4) is 0 Å². The predicted octanol–water partition coefficient (Wildman–Crippen LogP) is 1.58. The molecule has 0 atom stereocenters. The molecule has 3 N–H and O–H groups in total. The first-order valence-corrected chi connectivity index (χ1v) is 6.52. The molecule has 0 aliphatic rings. The van der Waals surface area contributed by atoms with Crippen LogP contribution in [0.5, 0.6) is 5.75 Å². The summed E-state index contributed by atoms with van der Waals surface area (Å²) < 4.78 is 5.46. The van der Waals surface area contributed by atoms with Gasteiger partial charge >= 0.3 is 6.03 Å². The minimum absolute atomic E-state index is 0.0817. The third-order valence-electron chi connectivity index (χ3n) is 2.61. The first-order chi connectivity index (χ1) is 9.17. The van der Waals surface area contributed by atoms with E-state index in [-0.39, 0.29) is 12.6 Å². The van der Waals surface area contributed by atoms with Crippen molar-refractivity contribution in [2.45, 2.75) is 26.8 Å². The van der Waals surface area contributed by atoms with Crippen molar-refractivity contribution in [2.75, 3.05) is 19.8 Å². The Hall–Kier alpha value is -1.75. The Bertz CT molecular complexity index is 408. The molecule has 0 fully saturated rings. The summed E-state index contributed by atoms with van der Waals surface area (Å²) in [5.41, 5.74) is 2.08. The molecule has 106 valence electrons. The van der Waals surface area contributed by atoms with Crippen molar-refractivity contribution in [1.82, 2.24) is 10.6 Å². The maximum atomic E-state index is 11.4. The number of aliphatic hydroxyl groups is 1. The topological polar surface area (TPSA) is 70.6 Å². The van der Waals surface area contributed by atoms with Gasteiger partial charge in [0.15, 0.2) is 0 Å². The largest absolute Gasteiger partial charge is 0.494 e. The molecule has 5 heteroatoms. The minimum atomic E-state index is -0.222. The van der Waals surface area contributed by atoms with Gasteiger partial charge in [-0.05, 0) is 37.5 Å². The summed E-state index contributed by atoms with van der Waals surface area (Å²) in [7, 11) is 0. The number of carbonyl (C=O) groups is 1. The number of urea groups is 1. The van der Waals surface area contributed by atoms with Crippen LogP contribution in [0.4, 0.5) is 4.79 Å². The molecule has 5 nitrogen and oxygen atoms in total. The molecule has 0 aromatic heterocycles. The van der Waals surface area contributed by atoms with Gasteiger partial charge in [-0.2, -0.15) is 0 Å². The summed E-state index contributed by atoms with van der Waals surface area (Å²) in [6.45, 7) is 5.61. The van der Waals surface area contributed by atoms with Crippen molar-refractivity contribution in [3.8, 4) is 5.75 Å². The zero-order valence-electron chi connectivity index (χ0n) is 11.5. The third kappa shape index (κ3) is 5.61. The lowest BCUT2D eigenvalue weighted by molar-refractivity contribution is 0.237. The predicted molar refractivity (Wildman–Crippen MR) is 74.3 cm³/mol. The number of benzene rings is 1. The van der Waals surface area contributed by atoms with Gasteiger partial charge in [-0.15, -0.1) is 0 Å². The second-order valence-electron chi connectivity index (χ2n) is 4.22. The fourth-order valence-corrected chi connectivity index (χ4v) is 1.66. The van der Waals surface area contributed by atoms with E-state index >= 15 is 0 Å². The quantitative estimate of drug-likeness (QED) is 0.656. The normalized spacial score (nSPS) is 10.1. The van der Waals surface area contributed by atoms with Crippen LogP contribution in [0, 0.1) is 6.92 Å². The van der Waals surface area contributed by atoms with Gasteiger partial charge in [0.05, 0.1) is 6.61 Å². The van der Waals surface area contributed by atoms with Crippen LogP contribution in [0.1, 0.15) is 24.5 Å². The maximum Gasteiger partial charge on any atom is 0.315 e. The molecule has 0 saturated carbocycles. The first-order valence-electron chi connectivity index (χ1n) is 6.52. The van der Waals surface area contributed by atoms with E-state index in [0.717, 1.165) is 16.9 Å². The molecule has 0 aliphatic heterocycles. The van der Waals surface area contributed by atoms with E-state index in [4.69, 9.17) is 9.84 Å². The van der Waals surface area contributed by atoms with Gasteiger partial charge in [0.25, 0.3) is 0 Å². The molecule has 0 radical (unpaired) electrons. The molecule has 2 amide bonds. The van der Waals surface area contributed by atoms with E-state index in [9.17, 15) is 4.79 Å². The molecule has 0 unspecified atom stereocenters. The fraction of sp³-hybridized carbons (Fsp3) is 0.500. The minimum Gasteiger partial charge on any atom is -0.494 e. The first kappa shape index (κ1) is 15.3. The highest BCUT2D eigenvalue weighted by atomic mass is 16.5. The Morgan fingerprint density at radius 1 is 1.37 bits per heavy atom. The second-order valence-corrected chi connectivity index (χ2v) is 4.22. The molecular formula is C14H22N2O3. The van der Waals surface area contributed by atoms with Crippen molar-refractivity contribution in [2.24, 2.45) is 0 Å². The molecule has 0 bridgehead atoms. The van der Waals surface area contributed by atoms with Gasteiger partial charge in [0.2, 0.25) is 0 Å². The van der Waals surface area contributed by atoms with Crippen LogP contribution in [0.2, 0.25) is 0 Å². The molecule has 19 heavy (non-hydrogen) atoms. The van der Waals surface area contributed by atoms with Crippen LogP contribution in [0.15, 0.2) is 18.2 Å². The number of aryl methyl sites for hydroxylation is 1. The van der Waals surface area contributed by atoms with Gasteiger partial charge < -0.3 is 20.5 Å². The summed E-state index contributed by atoms with van der Waals surface area (Å²) in [5.74, 6) is 0.874. The van der Waals surface area contributed by atoms with Crippen molar-refractivity contribution in [3.63, 3.8) is 0 Å². The van der Waals surface area contributed by atoms with Gasteiger partial charge in [-0.25, -0.2) is 4.79 Å². The highest BCUT2D eigenvalue weighted by molar-refractivity contribution is 5.73. The number of hydrogen-bond acceptors (Lipinski definition) is 3. The van der Waals surface area contributed by atoms with Crippen LogP contribution in [0.25, 0.3) is 0 Å². The Kier molecular flexibility index (Phi) is 6.74. The maximum absolute atomic E-state index is 11.4. The molecular weight excluding hydrogens is 244 g/mol. The Labute approximate surface area is 114 Å². The van der Waals surface area contributed by atoms with E-state index < -0.39 is 0 Å². The monoisotopic (exact) mass is 266 g/mol. The standard InChI is InChI=1S/C14H22N2O3/c1-3-19-13-6-5-12(9-11(13)2)10-16-14(18)15-7-4-8-17/h5-6,9,17H,3-4,7-8,10H2,1-2H3,(H2,15,16,18). The summed E-state index contributed by atoms with van der Waals surface area (Å²) in [6, 6.07) is 5.63. The van der Waals surface area contributed by atoms with E-state index in [2.05, 4.69) is 10.6 Å². The van der Waals surface area contributed by atoms with Gasteiger partial charge in [-0.1, -0.05) is 12.1 Å². The average Bonchev–Trinajstić information content (AvgIpc) is 2.40. The molecule has 0 aliphatic carbocycles.